The molecular weight excluding hydrogens is 133 g/mol. The lowest BCUT2D eigenvalue weighted by molar-refractivity contribution is 0.0958. The van der Waals surface area contributed by atoms with Gasteiger partial charge < -0.3 is 0 Å². The summed E-state index contributed by atoms with van der Waals surface area (Å²) in [5.41, 5.74) is 0.324. The SMILES string of the molecule is O=C(CF)c1cccnc1. The van der Waals surface area contributed by atoms with Gasteiger partial charge in [-0.3, -0.25) is 9.78 Å². The van der Waals surface area contributed by atoms with Gasteiger partial charge in [0.25, 0.3) is 0 Å². The molecule has 0 aliphatic heterocycles. The third-order valence-corrected chi connectivity index (χ3v) is 1.10. The lowest BCUT2D eigenvalue weighted by atomic mass is 10.2. The molecule has 0 bridgehead atoms. The fourth-order valence-corrected chi connectivity index (χ4v) is 0.605. The van der Waals surface area contributed by atoms with E-state index in [2.05, 4.69) is 4.98 Å². The van der Waals surface area contributed by atoms with Crippen LogP contribution in [-0.4, -0.2) is 17.4 Å². The summed E-state index contributed by atoms with van der Waals surface area (Å²) >= 11 is 0. The molecule has 0 atom stereocenters. The molecule has 10 heavy (non-hydrogen) atoms. The number of Topliss-reactive ketones (excluding diaryl/α,β-unsaturated/α-hetero) is 1. The third-order valence-electron chi connectivity index (χ3n) is 1.10. The molecule has 3 heteroatoms. The van der Waals surface area contributed by atoms with Crippen molar-refractivity contribution in [1.29, 1.82) is 0 Å². The summed E-state index contributed by atoms with van der Waals surface area (Å²) in [6, 6.07) is 3.14. The van der Waals surface area contributed by atoms with Gasteiger partial charge in [-0.15, -0.1) is 0 Å². The first-order chi connectivity index (χ1) is 4.84. The molecule has 0 saturated heterocycles. The Morgan fingerprint density at radius 3 is 3.00 bits per heavy atom. The Morgan fingerprint density at radius 1 is 1.70 bits per heavy atom. The number of ketones is 1. The molecule has 1 aromatic rings. The van der Waals surface area contributed by atoms with E-state index in [4.69, 9.17) is 0 Å². The van der Waals surface area contributed by atoms with Crippen LogP contribution in [0, 0.1) is 0 Å². The predicted molar refractivity (Wildman–Crippen MR) is 34.5 cm³/mol. The molecule has 0 fully saturated rings. The van der Waals surface area contributed by atoms with E-state index in [1.54, 1.807) is 6.07 Å². The van der Waals surface area contributed by atoms with Crippen molar-refractivity contribution >= 4 is 5.78 Å². The molecule has 1 rings (SSSR count). The molecule has 1 heterocycles. The number of nitrogens with zero attached hydrogens (tertiary/aromatic N) is 1. The largest absolute Gasteiger partial charge is 0.291 e. The van der Waals surface area contributed by atoms with Crippen LogP contribution in [0.3, 0.4) is 0 Å². The normalized spacial score (nSPS) is 9.30. The second kappa shape index (κ2) is 3.06. The summed E-state index contributed by atoms with van der Waals surface area (Å²) in [5.74, 6) is -0.520. The van der Waals surface area contributed by atoms with Gasteiger partial charge in [-0.05, 0) is 12.1 Å². The van der Waals surface area contributed by atoms with Crippen LogP contribution in [0.5, 0.6) is 0 Å². The first-order valence-electron chi connectivity index (χ1n) is 2.84. The maximum Gasteiger partial charge on any atom is 0.195 e. The summed E-state index contributed by atoms with van der Waals surface area (Å²) in [6.45, 7) is -0.953. The zero-order valence-corrected chi connectivity index (χ0v) is 5.25. The van der Waals surface area contributed by atoms with E-state index in [9.17, 15) is 9.18 Å². The molecule has 0 aliphatic carbocycles. The van der Waals surface area contributed by atoms with Crippen molar-refractivity contribution in [2.75, 3.05) is 6.67 Å². The number of rotatable bonds is 2. The number of aromatic nitrogens is 1. The van der Waals surface area contributed by atoms with Crippen LogP contribution < -0.4 is 0 Å². The molecule has 2 nitrogen and oxygen atoms in total. The van der Waals surface area contributed by atoms with Gasteiger partial charge in [-0.2, -0.15) is 0 Å². The fraction of sp³-hybridized carbons (Fsp3) is 0.143. The lowest BCUT2D eigenvalue weighted by Gasteiger charge is -1.91. The highest BCUT2D eigenvalue weighted by Gasteiger charge is 2.02. The van der Waals surface area contributed by atoms with Crippen LogP contribution in [0.1, 0.15) is 10.4 Å². The lowest BCUT2D eigenvalue weighted by Crippen LogP contribution is -2.00. The average molecular weight is 139 g/mol. The van der Waals surface area contributed by atoms with Crippen molar-refractivity contribution in [3.05, 3.63) is 30.1 Å². The Kier molecular flexibility index (Phi) is 2.10. The molecule has 52 valence electrons. The van der Waals surface area contributed by atoms with E-state index in [1.165, 1.54) is 18.5 Å². The monoisotopic (exact) mass is 139 g/mol. The summed E-state index contributed by atoms with van der Waals surface area (Å²) in [4.78, 5) is 14.3. The summed E-state index contributed by atoms with van der Waals surface area (Å²) in [6.07, 6.45) is 2.89. The van der Waals surface area contributed by atoms with Gasteiger partial charge in [0, 0.05) is 18.0 Å². The van der Waals surface area contributed by atoms with E-state index in [0.717, 1.165) is 0 Å². The minimum absolute atomic E-state index is 0.324. The van der Waals surface area contributed by atoms with Gasteiger partial charge in [0.15, 0.2) is 12.5 Å². The van der Waals surface area contributed by atoms with Crippen LogP contribution in [0.4, 0.5) is 4.39 Å². The first kappa shape index (κ1) is 6.86. The highest BCUT2D eigenvalue weighted by atomic mass is 19.1. The summed E-state index contributed by atoms with van der Waals surface area (Å²) < 4.78 is 11.7. The topological polar surface area (TPSA) is 30.0 Å². The van der Waals surface area contributed by atoms with Crippen LogP contribution >= 0.6 is 0 Å². The van der Waals surface area contributed by atoms with Crippen molar-refractivity contribution < 1.29 is 9.18 Å². The molecule has 1 aromatic heterocycles. The molecule has 0 aliphatic rings. The van der Waals surface area contributed by atoms with Crippen LogP contribution in [0.15, 0.2) is 24.5 Å². The molecule has 0 aromatic carbocycles. The van der Waals surface area contributed by atoms with Gasteiger partial charge in [-0.1, -0.05) is 0 Å². The van der Waals surface area contributed by atoms with Crippen molar-refractivity contribution in [2.45, 2.75) is 0 Å². The Bertz CT molecular complexity index is 222. The Labute approximate surface area is 57.7 Å². The number of halogens is 1. The number of carbonyl (C=O) groups excluding carboxylic acids is 1. The number of pyridine rings is 1. The zero-order valence-electron chi connectivity index (χ0n) is 5.25. The summed E-state index contributed by atoms with van der Waals surface area (Å²) in [5, 5.41) is 0. The standard InChI is InChI=1S/C7H6FNO/c8-4-7(10)6-2-1-3-9-5-6/h1-3,5H,4H2. The highest BCUT2D eigenvalue weighted by molar-refractivity contribution is 5.96. The molecule has 0 amide bonds. The predicted octanol–water partition coefficient (Wildman–Crippen LogP) is 1.23. The molecule has 0 unspecified atom stereocenters. The van der Waals surface area contributed by atoms with Gasteiger partial charge in [-0.25, -0.2) is 4.39 Å². The maximum atomic E-state index is 11.7. The fourth-order valence-electron chi connectivity index (χ4n) is 0.605. The molecule has 0 radical (unpaired) electrons. The van der Waals surface area contributed by atoms with E-state index < -0.39 is 12.5 Å². The Morgan fingerprint density at radius 2 is 2.50 bits per heavy atom. The third kappa shape index (κ3) is 1.37. The zero-order chi connectivity index (χ0) is 7.40. The van der Waals surface area contributed by atoms with Crippen molar-refractivity contribution in [3.8, 4) is 0 Å². The van der Waals surface area contributed by atoms with Crippen molar-refractivity contribution in [3.63, 3.8) is 0 Å². The van der Waals surface area contributed by atoms with Crippen LogP contribution in [0.2, 0.25) is 0 Å². The van der Waals surface area contributed by atoms with E-state index in [0.29, 0.717) is 5.56 Å². The molecular formula is C7H6FNO. The molecule has 0 spiro atoms. The van der Waals surface area contributed by atoms with Crippen LogP contribution in [-0.2, 0) is 0 Å². The number of carbonyl (C=O) groups is 1. The van der Waals surface area contributed by atoms with Gasteiger partial charge in [0.1, 0.15) is 0 Å². The molecule has 0 N–H and O–H groups in total. The minimum atomic E-state index is -0.953. The first-order valence-corrected chi connectivity index (χ1v) is 2.84. The summed E-state index contributed by atoms with van der Waals surface area (Å²) in [7, 11) is 0. The van der Waals surface area contributed by atoms with E-state index in [-0.39, 0.29) is 0 Å². The van der Waals surface area contributed by atoms with E-state index in [1.807, 2.05) is 0 Å². The smallest absolute Gasteiger partial charge is 0.195 e. The number of hydrogen-bond acceptors (Lipinski definition) is 2. The van der Waals surface area contributed by atoms with Gasteiger partial charge >= 0.3 is 0 Å². The van der Waals surface area contributed by atoms with Crippen molar-refractivity contribution in [2.24, 2.45) is 0 Å². The minimum Gasteiger partial charge on any atom is -0.291 e. The quantitative estimate of drug-likeness (QED) is 0.577. The van der Waals surface area contributed by atoms with Crippen molar-refractivity contribution in [1.82, 2.24) is 4.98 Å². The van der Waals surface area contributed by atoms with Gasteiger partial charge in [0.05, 0.1) is 0 Å². The Balaban J connectivity index is 2.85. The maximum absolute atomic E-state index is 11.7. The second-order valence-corrected chi connectivity index (χ2v) is 1.80. The van der Waals surface area contributed by atoms with Gasteiger partial charge in [0.2, 0.25) is 0 Å². The Hall–Kier alpha value is -1.25. The highest BCUT2D eigenvalue weighted by Crippen LogP contribution is 1.96. The second-order valence-electron chi connectivity index (χ2n) is 1.80. The van der Waals surface area contributed by atoms with E-state index >= 15 is 0 Å². The number of alkyl halides is 1. The molecule has 0 saturated carbocycles. The average Bonchev–Trinajstić information content (AvgIpc) is 2.05. The number of hydrogen-bond donors (Lipinski definition) is 0. The van der Waals surface area contributed by atoms with Crippen LogP contribution in [0.25, 0.3) is 0 Å².